The van der Waals surface area contributed by atoms with Crippen molar-refractivity contribution >= 4 is 29.5 Å². The van der Waals surface area contributed by atoms with E-state index in [1.54, 1.807) is 25.1 Å². The van der Waals surface area contributed by atoms with Crippen molar-refractivity contribution in [2.45, 2.75) is 102 Å². The van der Waals surface area contributed by atoms with Gasteiger partial charge in [0.25, 0.3) is 5.91 Å². The zero-order chi connectivity index (χ0) is 51.9. The van der Waals surface area contributed by atoms with Gasteiger partial charge >= 0.3 is 17.9 Å². The average molecular weight is 959 g/mol. The Kier molecular flexibility index (Phi) is 28.5. The number of aliphatic carboxylic acids is 2. The number of amides is 1. The van der Waals surface area contributed by atoms with Gasteiger partial charge in [-0.15, -0.1) is 0 Å². The molecule has 0 aliphatic rings. The molecule has 19 heteroatoms. The second kappa shape index (κ2) is 33.1. The third kappa shape index (κ3) is 23.2. The number of hydrogen-bond donors (Lipinski definition) is 8. The molecular weight excluding hydrogens is 896 g/mol. The van der Waals surface area contributed by atoms with Crippen molar-refractivity contribution in [2.75, 3.05) is 31.6 Å². The molecule has 0 aliphatic heterocycles. The Labute approximate surface area is 403 Å². The number of carboxylic acid groups (broad SMARTS) is 2. The predicted octanol–water partition coefficient (Wildman–Crippen LogP) is 6.95. The molecule has 8 N–H and O–H groups in total. The number of nitrogens with zero attached hydrogens (tertiary/aromatic N) is 5. The molecular formula is C50H63FN6O12. The summed E-state index contributed by atoms with van der Waals surface area (Å²) in [4.78, 5) is 54.1. The SMILES string of the molecule is CCOC(=O)C[C@H](O)C[C@H](O)CCn1c(-c2ccc(F)cc2)c(-c2ccccc2)c(C(=O)Nc2ccccc2)c1C(C)C.[C-]#[N+]CC(O)CC#N.[C-]#[N+]C[C@@H](O)CC(=O)O.[C-]#[N+]C[C@H](O)CC(=O)O.[HH].[HH]. The molecule has 69 heavy (non-hydrogen) atoms. The smallest absolute Gasteiger partial charge is 0.308 e. The van der Waals surface area contributed by atoms with Gasteiger partial charge in [-0.05, 0) is 73.2 Å². The van der Waals surface area contributed by atoms with E-state index in [1.807, 2.05) is 79.1 Å². The predicted molar refractivity (Wildman–Crippen MR) is 258 cm³/mol. The van der Waals surface area contributed by atoms with E-state index in [0.29, 0.717) is 23.4 Å². The van der Waals surface area contributed by atoms with Crippen LogP contribution in [0.4, 0.5) is 10.1 Å². The van der Waals surface area contributed by atoms with Crippen molar-refractivity contribution in [2.24, 2.45) is 0 Å². The number of anilines is 1. The highest BCUT2D eigenvalue weighted by atomic mass is 19.1. The van der Waals surface area contributed by atoms with Crippen molar-refractivity contribution in [1.29, 1.82) is 5.26 Å². The van der Waals surface area contributed by atoms with Gasteiger partial charge < -0.3 is 64.9 Å². The molecule has 0 fully saturated rings. The zero-order valence-corrected chi connectivity index (χ0v) is 38.6. The summed E-state index contributed by atoms with van der Waals surface area (Å²) in [6.07, 6.45) is -5.34. The number of para-hydroxylation sites is 1. The summed E-state index contributed by atoms with van der Waals surface area (Å²) in [6, 6.07) is 26.7. The third-order valence-corrected chi connectivity index (χ3v) is 9.28. The molecule has 4 rings (SSSR count). The van der Waals surface area contributed by atoms with Crippen LogP contribution in [0.1, 0.15) is 84.1 Å². The summed E-state index contributed by atoms with van der Waals surface area (Å²) in [5.41, 5.74) is 4.91. The lowest BCUT2D eigenvalue weighted by Gasteiger charge is -2.20. The van der Waals surface area contributed by atoms with Crippen molar-refractivity contribution in [3.63, 3.8) is 0 Å². The fourth-order valence-corrected chi connectivity index (χ4v) is 6.43. The topological polar surface area (TPSA) is 273 Å². The molecule has 18 nitrogen and oxygen atoms in total. The summed E-state index contributed by atoms with van der Waals surface area (Å²) in [7, 11) is 0. The second-order valence-corrected chi connectivity index (χ2v) is 15.4. The van der Waals surface area contributed by atoms with Crippen molar-refractivity contribution in [3.8, 4) is 28.5 Å². The maximum atomic E-state index is 14.1. The quantitative estimate of drug-likeness (QED) is 0.0311. The van der Waals surface area contributed by atoms with E-state index in [2.05, 4.69) is 19.9 Å². The van der Waals surface area contributed by atoms with Gasteiger partial charge in [0.1, 0.15) is 24.1 Å². The fourth-order valence-electron chi connectivity index (χ4n) is 6.43. The summed E-state index contributed by atoms with van der Waals surface area (Å²) in [6.45, 7) is 24.8. The molecule has 0 aliphatic carbocycles. The van der Waals surface area contributed by atoms with E-state index in [1.165, 1.54) is 12.1 Å². The minimum Gasteiger partial charge on any atom is -0.481 e. The molecule has 0 spiro atoms. The standard InChI is InChI=1S/C35H39FN2O5.C5H6N2O.2C5H7NO3.2H2/c1-4-43-30(41)22-29(40)21-28(39)19-20-38-33(23(2)3)32(35(42)37-27-13-9-6-10-14-27)31(24-11-7-5-8-12-24)34(38)25-15-17-26(36)18-16-25;1-7-4-5(8)2-3-6;2*1-6-3-4(7)2-5(8)9;;/h5-18,23,28-29,39-40H,4,19-22H2,1-3H3,(H,37,42);5,8H,2,4H2;2*4,7H,2-3H2,(H,8,9);2*1H/t28-,29-;;2*4-;;/m1.10../s1. The van der Waals surface area contributed by atoms with E-state index < -0.39 is 48.4 Å². The van der Waals surface area contributed by atoms with Gasteiger partial charge in [-0.25, -0.2) is 24.1 Å². The number of esters is 1. The Bertz CT molecular complexity index is 2330. The molecule has 0 bridgehead atoms. The van der Waals surface area contributed by atoms with Gasteiger partial charge in [-0.3, -0.25) is 19.2 Å². The van der Waals surface area contributed by atoms with Crippen LogP contribution in [0.2, 0.25) is 0 Å². The Morgan fingerprint density at radius 1 is 0.739 bits per heavy atom. The minimum absolute atomic E-state index is 0. The Hall–Kier alpha value is -7.49. The van der Waals surface area contributed by atoms with Crippen LogP contribution in [0, 0.1) is 36.9 Å². The maximum Gasteiger partial charge on any atom is 0.308 e. The molecule has 5 atom stereocenters. The summed E-state index contributed by atoms with van der Waals surface area (Å²) >= 11 is 0. The van der Waals surface area contributed by atoms with Crippen molar-refractivity contribution in [1.82, 2.24) is 4.57 Å². The number of hydrogen-bond acceptors (Lipinski definition) is 11. The van der Waals surface area contributed by atoms with Crippen LogP contribution in [0.5, 0.6) is 0 Å². The van der Waals surface area contributed by atoms with Crippen molar-refractivity contribution in [3.05, 3.63) is 136 Å². The van der Waals surface area contributed by atoms with Gasteiger partial charge in [0.05, 0.1) is 61.8 Å². The zero-order valence-electron chi connectivity index (χ0n) is 38.6. The summed E-state index contributed by atoms with van der Waals surface area (Å²) in [5.74, 6) is -3.42. The number of carboxylic acids is 2. The lowest BCUT2D eigenvalue weighted by Crippen LogP contribution is -2.23. The Morgan fingerprint density at radius 3 is 1.71 bits per heavy atom. The summed E-state index contributed by atoms with van der Waals surface area (Å²) < 4.78 is 21.0. The molecule has 4 aromatic rings. The molecule has 0 radical (unpaired) electrons. The van der Waals surface area contributed by atoms with Gasteiger partial charge in [0.15, 0.2) is 0 Å². The van der Waals surface area contributed by atoms with Gasteiger partial charge in [-0.2, -0.15) is 5.26 Å². The van der Waals surface area contributed by atoms with Crippen LogP contribution in [0.25, 0.3) is 36.9 Å². The van der Waals surface area contributed by atoms with Crippen LogP contribution in [-0.2, 0) is 25.7 Å². The highest BCUT2D eigenvalue weighted by Crippen LogP contribution is 2.42. The van der Waals surface area contributed by atoms with Crippen LogP contribution < -0.4 is 5.32 Å². The first-order valence-electron chi connectivity index (χ1n) is 21.6. The molecule has 1 amide bonds. The molecule has 3 aromatic carbocycles. The lowest BCUT2D eigenvalue weighted by molar-refractivity contribution is -0.146. The Morgan fingerprint density at radius 2 is 1.25 bits per heavy atom. The van der Waals surface area contributed by atoms with E-state index >= 15 is 0 Å². The number of benzene rings is 3. The normalized spacial score (nSPS) is 12.3. The molecule has 1 heterocycles. The lowest BCUT2D eigenvalue weighted by atomic mass is 9.94. The molecule has 1 aromatic heterocycles. The number of ether oxygens (including phenoxy) is 1. The number of nitrogens with one attached hydrogen (secondary N) is 1. The maximum absolute atomic E-state index is 14.1. The minimum atomic E-state index is -1.08. The molecule has 0 saturated carbocycles. The highest BCUT2D eigenvalue weighted by Gasteiger charge is 2.31. The number of aliphatic hydroxyl groups is 5. The summed E-state index contributed by atoms with van der Waals surface area (Å²) in [5, 5.41) is 74.2. The van der Waals surface area contributed by atoms with E-state index in [-0.39, 0.29) is 85.3 Å². The number of nitriles is 1. The van der Waals surface area contributed by atoms with E-state index in [0.717, 1.165) is 22.5 Å². The number of aromatic nitrogens is 1. The second-order valence-electron chi connectivity index (χ2n) is 15.4. The van der Waals surface area contributed by atoms with Crippen LogP contribution in [-0.4, -0.2) is 121 Å². The van der Waals surface area contributed by atoms with Gasteiger partial charge in [-0.1, -0.05) is 62.4 Å². The highest BCUT2D eigenvalue weighted by molar-refractivity contribution is 6.12. The number of carbonyl (C=O) groups excluding carboxylic acids is 2. The average Bonchev–Trinajstić information content (AvgIpc) is 3.63. The fraction of sp³-hybridized carbons (Fsp3) is 0.400. The molecule has 372 valence electrons. The monoisotopic (exact) mass is 958 g/mol. The number of rotatable bonds is 21. The van der Waals surface area contributed by atoms with Gasteiger partial charge in [0, 0.05) is 26.3 Å². The van der Waals surface area contributed by atoms with Gasteiger partial charge in [0.2, 0.25) is 19.6 Å². The van der Waals surface area contributed by atoms with Crippen LogP contribution >= 0.6 is 0 Å². The number of halogens is 1. The molecule has 0 saturated heterocycles. The largest absolute Gasteiger partial charge is 0.481 e. The number of aliphatic hydroxyl groups excluding tert-OH is 5. The first-order chi connectivity index (χ1) is 32.8. The third-order valence-electron chi connectivity index (χ3n) is 9.28. The first kappa shape index (κ1) is 59.5. The van der Waals surface area contributed by atoms with Crippen LogP contribution in [0.3, 0.4) is 0 Å². The first-order valence-corrected chi connectivity index (χ1v) is 21.6. The number of carbonyl (C=O) groups is 4. The van der Waals surface area contributed by atoms with Crippen LogP contribution in [0.15, 0.2) is 84.9 Å². The van der Waals surface area contributed by atoms with E-state index in [4.69, 9.17) is 55.2 Å². The van der Waals surface area contributed by atoms with Crippen molar-refractivity contribution < 1.29 is 66.9 Å². The van der Waals surface area contributed by atoms with E-state index in [9.17, 15) is 33.8 Å². The Balaban J connectivity index is 0. The molecule has 1 unspecified atom stereocenters.